The van der Waals surface area contributed by atoms with E-state index in [1.807, 2.05) is 0 Å². The summed E-state index contributed by atoms with van der Waals surface area (Å²) >= 11 is 3.18. The SMILES string of the molecule is COCc1c(C(=O)O)oc2c(Br)ccc(F)c12. The lowest BCUT2D eigenvalue weighted by molar-refractivity contribution is 0.0658. The largest absolute Gasteiger partial charge is 0.475 e. The molecular formula is C11H8BrFO4. The van der Waals surface area contributed by atoms with Crippen LogP contribution in [0.2, 0.25) is 0 Å². The fraction of sp³-hybridized carbons (Fsp3) is 0.182. The van der Waals surface area contributed by atoms with Crippen LogP contribution in [-0.4, -0.2) is 18.2 Å². The van der Waals surface area contributed by atoms with E-state index in [1.165, 1.54) is 19.2 Å². The number of carboxylic acid groups (broad SMARTS) is 1. The molecule has 0 aliphatic rings. The molecule has 0 bridgehead atoms. The Morgan fingerprint density at radius 2 is 2.29 bits per heavy atom. The Hall–Kier alpha value is -1.40. The first-order valence-electron chi connectivity index (χ1n) is 4.68. The van der Waals surface area contributed by atoms with Crippen molar-refractivity contribution in [3.05, 3.63) is 33.7 Å². The van der Waals surface area contributed by atoms with Gasteiger partial charge in [0, 0.05) is 12.7 Å². The molecule has 0 radical (unpaired) electrons. The lowest BCUT2D eigenvalue weighted by atomic mass is 10.1. The molecule has 2 rings (SSSR count). The molecule has 0 aliphatic heterocycles. The van der Waals surface area contributed by atoms with Crippen LogP contribution in [0.3, 0.4) is 0 Å². The van der Waals surface area contributed by atoms with Crippen LogP contribution in [-0.2, 0) is 11.3 Å². The molecule has 0 amide bonds. The van der Waals surface area contributed by atoms with Crippen molar-refractivity contribution in [3.63, 3.8) is 0 Å². The Morgan fingerprint density at radius 1 is 1.59 bits per heavy atom. The number of fused-ring (bicyclic) bond motifs is 1. The van der Waals surface area contributed by atoms with Gasteiger partial charge in [0.1, 0.15) is 5.82 Å². The van der Waals surface area contributed by atoms with Crippen molar-refractivity contribution in [2.75, 3.05) is 7.11 Å². The van der Waals surface area contributed by atoms with Crippen LogP contribution in [0.25, 0.3) is 11.0 Å². The van der Waals surface area contributed by atoms with Gasteiger partial charge in [-0.3, -0.25) is 0 Å². The molecule has 90 valence electrons. The molecule has 1 aromatic heterocycles. The van der Waals surface area contributed by atoms with Gasteiger partial charge in [-0.15, -0.1) is 0 Å². The quantitative estimate of drug-likeness (QED) is 0.946. The van der Waals surface area contributed by atoms with E-state index in [-0.39, 0.29) is 28.9 Å². The number of methoxy groups -OCH3 is 1. The van der Waals surface area contributed by atoms with Gasteiger partial charge < -0.3 is 14.3 Å². The summed E-state index contributed by atoms with van der Waals surface area (Å²) in [6.07, 6.45) is 0. The van der Waals surface area contributed by atoms with Crippen molar-refractivity contribution in [2.45, 2.75) is 6.61 Å². The minimum Gasteiger partial charge on any atom is -0.475 e. The predicted molar refractivity (Wildman–Crippen MR) is 61.5 cm³/mol. The Morgan fingerprint density at radius 3 is 2.88 bits per heavy atom. The van der Waals surface area contributed by atoms with E-state index in [0.29, 0.717) is 4.47 Å². The molecule has 1 heterocycles. The molecule has 0 unspecified atom stereocenters. The normalized spacial score (nSPS) is 11.0. The number of hydrogen-bond donors (Lipinski definition) is 1. The van der Waals surface area contributed by atoms with E-state index in [9.17, 15) is 9.18 Å². The molecule has 6 heteroatoms. The summed E-state index contributed by atoms with van der Waals surface area (Å²) in [7, 11) is 1.40. The summed E-state index contributed by atoms with van der Waals surface area (Å²) in [6, 6.07) is 2.70. The monoisotopic (exact) mass is 302 g/mol. The van der Waals surface area contributed by atoms with Crippen molar-refractivity contribution in [2.24, 2.45) is 0 Å². The zero-order valence-corrected chi connectivity index (χ0v) is 10.4. The second kappa shape index (κ2) is 4.46. The van der Waals surface area contributed by atoms with Gasteiger partial charge in [-0.05, 0) is 28.1 Å². The summed E-state index contributed by atoms with van der Waals surface area (Å²) in [5.41, 5.74) is 0.378. The van der Waals surface area contributed by atoms with Crippen LogP contribution < -0.4 is 0 Å². The first-order valence-corrected chi connectivity index (χ1v) is 5.47. The average Bonchev–Trinajstić information content (AvgIpc) is 2.65. The first kappa shape index (κ1) is 12.1. The molecule has 1 aromatic carbocycles. The first-order chi connectivity index (χ1) is 8.06. The van der Waals surface area contributed by atoms with Gasteiger partial charge in [-0.25, -0.2) is 9.18 Å². The van der Waals surface area contributed by atoms with E-state index in [4.69, 9.17) is 14.3 Å². The third-order valence-corrected chi connectivity index (χ3v) is 2.95. The highest BCUT2D eigenvalue weighted by Gasteiger charge is 2.23. The van der Waals surface area contributed by atoms with Crippen LogP contribution in [0, 0.1) is 5.82 Å². The number of rotatable bonds is 3. The Balaban J connectivity index is 2.84. The third kappa shape index (κ3) is 1.94. The lowest BCUT2D eigenvalue weighted by Crippen LogP contribution is -2.00. The highest BCUT2D eigenvalue weighted by Crippen LogP contribution is 2.33. The topological polar surface area (TPSA) is 59.7 Å². The fourth-order valence-corrected chi connectivity index (χ4v) is 2.06. The maximum Gasteiger partial charge on any atom is 0.372 e. The Bertz CT molecular complexity index is 591. The smallest absolute Gasteiger partial charge is 0.372 e. The summed E-state index contributed by atoms with van der Waals surface area (Å²) in [5.74, 6) is -2.08. The summed E-state index contributed by atoms with van der Waals surface area (Å²) in [5, 5.41) is 9.13. The van der Waals surface area contributed by atoms with Crippen LogP contribution in [0.1, 0.15) is 16.1 Å². The van der Waals surface area contributed by atoms with Crippen LogP contribution in [0.5, 0.6) is 0 Å². The van der Waals surface area contributed by atoms with Crippen LogP contribution in [0.4, 0.5) is 4.39 Å². The van der Waals surface area contributed by atoms with Crippen molar-refractivity contribution in [3.8, 4) is 0 Å². The highest BCUT2D eigenvalue weighted by molar-refractivity contribution is 9.10. The summed E-state index contributed by atoms with van der Waals surface area (Å²) < 4.78 is 24.2. The number of benzene rings is 1. The molecule has 0 aliphatic carbocycles. The van der Waals surface area contributed by atoms with E-state index in [2.05, 4.69) is 15.9 Å². The number of ether oxygens (including phenoxy) is 1. The number of furan rings is 1. The Labute approximate surface area is 104 Å². The maximum absolute atomic E-state index is 13.7. The lowest BCUT2D eigenvalue weighted by Gasteiger charge is -1.99. The standard InChI is InChI=1S/C11H8BrFO4/c1-16-4-5-8-7(13)3-2-6(12)10(8)17-9(5)11(14)15/h2-3H,4H2,1H3,(H,14,15). The van der Waals surface area contributed by atoms with E-state index < -0.39 is 11.8 Å². The van der Waals surface area contributed by atoms with Gasteiger partial charge in [0.25, 0.3) is 0 Å². The van der Waals surface area contributed by atoms with E-state index in [0.717, 1.165) is 0 Å². The molecule has 0 saturated heterocycles. The Kier molecular flexibility index (Phi) is 3.17. The van der Waals surface area contributed by atoms with Gasteiger partial charge >= 0.3 is 5.97 Å². The van der Waals surface area contributed by atoms with Gasteiger partial charge in [0.05, 0.1) is 16.5 Å². The molecular weight excluding hydrogens is 295 g/mol. The molecule has 0 atom stereocenters. The van der Waals surface area contributed by atoms with Crippen molar-refractivity contribution in [1.82, 2.24) is 0 Å². The maximum atomic E-state index is 13.7. The van der Waals surface area contributed by atoms with E-state index >= 15 is 0 Å². The molecule has 0 fully saturated rings. The molecule has 2 aromatic rings. The number of hydrogen-bond acceptors (Lipinski definition) is 3. The zero-order chi connectivity index (χ0) is 12.6. The zero-order valence-electron chi connectivity index (χ0n) is 8.79. The number of halogens is 2. The average molecular weight is 303 g/mol. The third-order valence-electron chi connectivity index (χ3n) is 2.32. The summed E-state index contributed by atoms with van der Waals surface area (Å²) in [4.78, 5) is 11.0. The number of carboxylic acids is 1. The van der Waals surface area contributed by atoms with Crippen LogP contribution in [0.15, 0.2) is 21.0 Å². The molecule has 4 nitrogen and oxygen atoms in total. The molecule has 1 N–H and O–H groups in total. The number of aromatic carboxylic acids is 1. The second-order valence-electron chi connectivity index (χ2n) is 3.38. The van der Waals surface area contributed by atoms with Crippen molar-refractivity contribution >= 4 is 32.9 Å². The van der Waals surface area contributed by atoms with Gasteiger partial charge in [0.15, 0.2) is 5.58 Å². The predicted octanol–water partition coefficient (Wildman–Crippen LogP) is 3.18. The van der Waals surface area contributed by atoms with Crippen LogP contribution >= 0.6 is 15.9 Å². The van der Waals surface area contributed by atoms with Gasteiger partial charge in [0.2, 0.25) is 5.76 Å². The van der Waals surface area contributed by atoms with Crippen molar-refractivity contribution < 1.29 is 23.4 Å². The molecule has 0 spiro atoms. The van der Waals surface area contributed by atoms with Gasteiger partial charge in [-0.1, -0.05) is 0 Å². The van der Waals surface area contributed by atoms with Crippen molar-refractivity contribution in [1.29, 1.82) is 0 Å². The fourth-order valence-electron chi connectivity index (χ4n) is 1.65. The minimum absolute atomic E-state index is 0.0258. The minimum atomic E-state index is -1.25. The molecule has 0 saturated carbocycles. The molecule has 17 heavy (non-hydrogen) atoms. The second-order valence-corrected chi connectivity index (χ2v) is 4.24. The summed E-state index contributed by atoms with van der Waals surface area (Å²) in [6.45, 7) is -0.0258. The highest BCUT2D eigenvalue weighted by atomic mass is 79.9. The number of carbonyl (C=O) groups is 1. The van der Waals surface area contributed by atoms with E-state index in [1.54, 1.807) is 0 Å². The van der Waals surface area contributed by atoms with Gasteiger partial charge in [-0.2, -0.15) is 0 Å².